The van der Waals surface area contributed by atoms with Crippen molar-refractivity contribution in [2.45, 2.75) is 20.4 Å². The quantitative estimate of drug-likeness (QED) is 0.879. The highest BCUT2D eigenvalue weighted by Crippen LogP contribution is 2.23. The molecule has 2 N–H and O–H groups in total. The lowest BCUT2D eigenvalue weighted by atomic mass is 10.1. The molecule has 96 valence electrons. The standard InChI is InChI=1S/C16H16N2O/c1-11-6-14(7-12(2)16(11)19)10-18-15-5-3-4-13(8-15)9-17/h3-8,18-19H,10H2,1-2H3. The van der Waals surface area contributed by atoms with Gasteiger partial charge in [0.05, 0.1) is 11.6 Å². The van der Waals surface area contributed by atoms with Crippen molar-refractivity contribution in [3.63, 3.8) is 0 Å². The number of benzene rings is 2. The number of nitrogens with zero attached hydrogens (tertiary/aromatic N) is 1. The molecule has 3 heteroatoms. The number of hydrogen-bond acceptors (Lipinski definition) is 3. The molecule has 19 heavy (non-hydrogen) atoms. The predicted octanol–water partition coefficient (Wildman–Crippen LogP) is 3.49. The van der Waals surface area contributed by atoms with Crippen molar-refractivity contribution >= 4 is 5.69 Å². The Morgan fingerprint density at radius 1 is 1.16 bits per heavy atom. The second-order valence-corrected chi connectivity index (χ2v) is 4.62. The summed E-state index contributed by atoms with van der Waals surface area (Å²) in [6.45, 7) is 4.45. The van der Waals surface area contributed by atoms with E-state index in [1.54, 1.807) is 6.07 Å². The Balaban J connectivity index is 2.12. The molecule has 0 aliphatic carbocycles. The van der Waals surface area contributed by atoms with E-state index < -0.39 is 0 Å². The van der Waals surface area contributed by atoms with Gasteiger partial charge >= 0.3 is 0 Å². The van der Waals surface area contributed by atoms with Crippen molar-refractivity contribution in [2.75, 3.05) is 5.32 Å². The van der Waals surface area contributed by atoms with E-state index >= 15 is 0 Å². The van der Waals surface area contributed by atoms with Crippen LogP contribution in [0.1, 0.15) is 22.3 Å². The number of aromatic hydroxyl groups is 1. The predicted molar refractivity (Wildman–Crippen MR) is 76.1 cm³/mol. The maximum absolute atomic E-state index is 9.73. The van der Waals surface area contributed by atoms with Crippen LogP contribution in [-0.2, 0) is 6.54 Å². The van der Waals surface area contributed by atoms with Gasteiger partial charge in [-0.3, -0.25) is 0 Å². The largest absolute Gasteiger partial charge is 0.507 e. The number of hydrogen-bond donors (Lipinski definition) is 2. The lowest BCUT2D eigenvalue weighted by Gasteiger charge is -2.10. The fourth-order valence-corrected chi connectivity index (χ4v) is 2.05. The molecule has 0 aromatic heterocycles. The van der Waals surface area contributed by atoms with Crippen LogP contribution in [0.5, 0.6) is 5.75 Å². The first-order valence-electron chi connectivity index (χ1n) is 6.13. The molecule has 0 aliphatic rings. The molecule has 2 aromatic rings. The summed E-state index contributed by atoms with van der Waals surface area (Å²) in [5.74, 6) is 0.357. The van der Waals surface area contributed by atoms with Gasteiger partial charge in [0.1, 0.15) is 5.75 Å². The number of anilines is 1. The van der Waals surface area contributed by atoms with Gasteiger partial charge in [-0.2, -0.15) is 5.26 Å². The van der Waals surface area contributed by atoms with E-state index in [1.165, 1.54) is 0 Å². The molecule has 0 fully saturated rings. The summed E-state index contributed by atoms with van der Waals surface area (Å²) in [7, 11) is 0. The molecule has 0 saturated heterocycles. The Morgan fingerprint density at radius 3 is 2.47 bits per heavy atom. The third kappa shape index (κ3) is 3.05. The minimum atomic E-state index is 0.357. The monoisotopic (exact) mass is 252 g/mol. The smallest absolute Gasteiger partial charge is 0.121 e. The first-order chi connectivity index (χ1) is 9.10. The van der Waals surface area contributed by atoms with Gasteiger partial charge in [0, 0.05) is 12.2 Å². The summed E-state index contributed by atoms with van der Waals surface area (Å²) in [6, 6.07) is 13.4. The van der Waals surface area contributed by atoms with Crippen LogP contribution in [0.4, 0.5) is 5.69 Å². The van der Waals surface area contributed by atoms with Gasteiger partial charge in [-0.15, -0.1) is 0 Å². The Labute approximate surface area is 113 Å². The van der Waals surface area contributed by atoms with E-state index in [0.717, 1.165) is 22.4 Å². The summed E-state index contributed by atoms with van der Waals surface area (Å²) in [5, 5.41) is 21.8. The zero-order chi connectivity index (χ0) is 13.8. The number of phenolic OH excluding ortho intramolecular Hbond substituents is 1. The van der Waals surface area contributed by atoms with Gasteiger partial charge < -0.3 is 10.4 Å². The fourth-order valence-electron chi connectivity index (χ4n) is 2.05. The van der Waals surface area contributed by atoms with Crippen LogP contribution < -0.4 is 5.32 Å². The molecule has 3 nitrogen and oxygen atoms in total. The first kappa shape index (κ1) is 13.0. The zero-order valence-corrected chi connectivity index (χ0v) is 11.1. The second-order valence-electron chi connectivity index (χ2n) is 4.62. The van der Waals surface area contributed by atoms with Gasteiger partial charge in [-0.25, -0.2) is 0 Å². The number of rotatable bonds is 3. The van der Waals surface area contributed by atoms with E-state index in [9.17, 15) is 5.11 Å². The second kappa shape index (κ2) is 5.45. The molecule has 0 atom stereocenters. The van der Waals surface area contributed by atoms with Crippen LogP contribution in [-0.4, -0.2) is 5.11 Å². The van der Waals surface area contributed by atoms with Crippen molar-refractivity contribution in [3.8, 4) is 11.8 Å². The van der Waals surface area contributed by atoms with Crippen LogP contribution in [0.15, 0.2) is 36.4 Å². The number of phenols is 1. The van der Waals surface area contributed by atoms with Gasteiger partial charge in [-0.05, 0) is 48.7 Å². The minimum Gasteiger partial charge on any atom is -0.507 e. The third-order valence-electron chi connectivity index (χ3n) is 3.04. The summed E-state index contributed by atoms with van der Waals surface area (Å²) in [4.78, 5) is 0. The highest BCUT2D eigenvalue weighted by atomic mass is 16.3. The van der Waals surface area contributed by atoms with E-state index in [2.05, 4.69) is 11.4 Å². The number of aryl methyl sites for hydroxylation is 2. The molecule has 2 aromatic carbocycles. The summed E-state index contributed by atoms with van der Waals surface area (Å²) in [5.41, 5.74) is 4.42. The van der Waals surface area contributed by atoms with Crippen LogP contribution in [0.2, 0.25) is 0 Å². The van der Waals surface area contributed by atoms with Crippen molar-refractivity contribution in [1.82, 2.24) is 0 Å². The molecule has 0 saturated carbocycles. The molecular formula is C16H16N2O. The molecule has 0 radical (unpaired) electrons. The molecule has 2 rings (SSSR count). The fraction of sp³-hybridized carbons (Fsp3) is 0.188. The van der Waals surface area contributed by atoms with Gasteiger partial charge in [0.25, 0.3) is 0 Å². The SMILES string of the molecule is Cc1cc(CNc2cccc(C#N)c2)cc(C)c1O. The van der Waals surface area contributed by atoms with Crippen LogP contribution >= 0.6 is 0 Å². The van der Waals surface area contributed by atoms with Crippen LogP contribution in [0, 0.1) is 25.2 Å². The van der Waals surface area contributed by atoms with E-state index in [-0.39, 0.29) is 0 Å². The maximum Gasteiger partial charge on any atom is 0.121 e. The van der Waals surface area contributed by atoms with E-state index in [1.807, 2.05) is 44.2 Å². The summed E-state index contributed by atoms with van der Waals surface area (Å²) >= 11 is 0. The van der Waals surface area contributed by atoms with Crippen molar-refractivity contribution < 1.29 is 5.11 Å². The topological polar surface area (TPSA) is 56.0 Å². The number of nitrogens with one attached hydrogen (secondary N) is 1. The third-order valence-corrected chi connectivity index (χ3v) is 3.04. The average molecular weight is 252 g/mol. The summed E-state index contributed by atoms with van der Waals surface area (Å²) < 4.78 is 0. The first-order valence-corrected chi connectivity index (χ1v) is 6.13. The average Bonchev–Trinajstić information content (AvgIpc) is 2.42. The van der Waals surface area contributed by atoms with Gasteiger partial charge in [0.15, 0.2) is 0 Å². The zero-order valence-electron chi connectivity index (χ0n) is 11.1. The lowest BCUT2D eigenvalue weighted by molar-refractivity contribution is 0.466. The van der Waals surface area contributed by atoms with Crippen molar-refractivity contribution in [2.24, 2.45) is 0 Å². The lowest BCUT2D eigenvalue weighted by Crippen LogP contribution is -2.00. The molecule has 0 amide bonds. The molecule has 0 spiro atoms. The van der Waals surface area contributed by atoms with Crippen molar-refractivity contribution in [1.29, 1.82) is 5.26 Å². The number of nitriles is 1. The maximum atomic E-state index is 9.73. The van der Waals surface area contributed by atoms with Gasteiger partial charge in [0.2, 0.25) is 0 Å². The van der Waals surface area contributed by atoms with E-state index in [0.29, 0.717) is 17.9 Å². The van der Waals surface area contributed by atoms with Crippen molar-refractivity contribution in [3.05, 3.63) is 58.7 Å². The molecule has 0 unspecified atom stereocenters. The minimum absolute atomic E-state index is 0.357. The highest BCUT2D eigenvalue weighted by Gasteiger charge is 2.03. The highest BCUT2D eigenvalue weighted by molar-refractivity contribution is 5.50. The molecule has 0 aliphatic heterocycles. The molecular weight excluding hydrogens is 236 g/mol. The molecule has 0 bridgehead atoms. The Kier molecular flexibility index (Phi) is 3.72. The normalized spacial score (nSPS) is 9.95. The van der Waals surface area contributed by atoms with Crippen LogP contribution in [0.3, 0.4) is 0 Å². The summed E-state index contributed by atoms with van der Waals surface area (Å²) in [6.07, 6.45) is 0. The Morgan fingerprint density at radius 2 is 1.84 bits per heavy atom. The van der Waals surface area contributed by atoms with E-state index in [4.69, 9.17) is 5.26 Å². The van der Waals surface area contributed by atoms with Crippen LogP contribution in [0.25, 0.3) is 0 Å². The van der Waals surface area contributed by atoms with Gasteiger partial charge in [-0.1, -0.05) is 18.2 Å². The molecule has 0 heterocycles. The Bertz CT molecular complexity index is 618. The Hall–Kier alpha value is -2.47.